The monoisotopic (exact) mass is 344 g/mol. The summed E-state index contributed by atoms with van der Waals surface area (Å²) in [7, 11) is 0. The van der Waals surface area contributed by atoms with Gasteiger partial charge in [0.15, 0.2) is 0 Å². The van der Waals surface area contributed by atoms with Gasteiger partial charge in [-0.3, -0.25) is 9.69 Å². The van der Waals surface area contributed by atoms with Crippen molar-refractivity contribution in [3.63, 3.8) is 0 Å². The standard InChI is InChI=1S/C17H32N2O5/c1-10-8-11(14(21)22)19(9-10)13(20)12(16(2,3)4)18-15(23)24-17(5,6)7/h10-13,20H,8-9H2,1-7H3,(H,18,23)(H,21,22)/t10-,11+,12-,13?/m1/s1. The molecule has 4 atom stereocenters. The molecule has 1 saturated heterocycles. The van der Waals surface area contributed by atoms with E-state index >= 15 is 0 Å². The number of aliphatic hydroxyl groups is 1. The number of aliphatic hydroxyl groups excluding tert-OH is 1. The zero-order valence-corrected chi connectivity index (χ0v) is 15.8. The van der Waals surface area contributed by atoms with Crippen molar-refractivity contribution in [1.29, 1.82) is 0 Å². The van der Waals surface area contributed by atoms with Crippen LogP contribution in [0.2, 0.25) is 0 Å². The minimum atomic E-state index is -1.11. The van der Waals surface area contributed by atoms with Gasteiger partial charge in [0.05, 0.1) is 6.04 Å². The van der Waals surface area contributed by atoms with Gasteiger partial charge in [-0.25, -0.2) is 4.79 Å². The van der Waals surface area contributed by atoms with Gasteiger partial charge in [0.2, 0.25) is 0 Å². The Bertz CT molecular complexity index is 467. The van der Waals surface area contributed by atoms with Gasteiger partial charge in [0, 0.05) is 6.54 Å². The Morgan fingerprint density at radius 2 is 1.75 bits per heavy atom. The van der Waals surface area contributed by atoms with Gasteiger partial charge in [-0.05, 0) is 38.5 Å². The van der Waals surface area contributed by atoms with Gasteiger partial charge in [-0.1, -0.05) is 27.7 Å². The van der Waals surface area contributed by atoms with E-state index in [1.165, 1.54) is 0 Å². The fraction of sp³-hybridized carbons (Fsp3) is 0.882. The number of hydrogen-bond acceptors (Lipinski definition) is 5. The highest BCUT2D eigenvalue weighted by molar-refractivity contribution is 5.74. The minimum Gasteiger partial charge on any atom is -0.480 e. The number of ether oxygens (including phenoxy) is 1. The molecule has 3 N–H and O–H groups in total. The zero-order valence-electron chi connectivity index (χ0n) is 15.8. The molecule has 1 heterocycles. The molecule has 24 heavy (non-hydrogen) atoms. The molecular formula is C17H32N2O5. The summed E-state index contributed by atoms with van der Waals surface area (Å²) < 4.78 is 5.28. The third kappa shape index (κ3) is 5.63. The van der Waals surface area contributed by atoms with Crippen LogP contribution in [-0.2, 0) is 9.53 Å². The van der Waals surface area contributed by atoms with Crippen molar-refractivity contribution >= 4 is 12.1 Å². The van der Waals surface area contributed by atoms with Crippen molar-refractivity contribution in [3.05, 3.63) is 0 Å². The van der Waals surface area contributed by atoms with Gasteiger partial charge >= 0.3 is 12.1 Å². The molecular weight excluding hydrogens is 312 g/mol. The number of hydrogen-bond donors (Lipinski definition) is 3. The smallest absolute Gasteiger partial charge is 0.408 e. The van der Waals surface area contributed by atoms with Crippen LogP contribution in [0.25, 0.3) is 0 Å². The number of carbonyl (C=O) groups excluding carboxylic acids is 1. The van der Waals surface area contributed by atoms with Crippen LogP contribution in [0.1, 0.15) is 54.9 Å². The Labute approximate surface area is 144 Å². The molecule has 140 valence electrons. The van der Waals surface area contributed by atoms with Crippen molar-refractivity contribution in [1.82, 2.24) is 10.2 Å². The molecule has 0 aliphatic carbocycles. The molecule has 1 amide bonds. The highest BCUT2D eigenvalue weighted by Crippen LogP contribution is 2.30. The lowest BCUT2D eigenvalue weighted by atomic mass is 9.85. The van der Waals surface area contributed by atoms with E-state index in [1.807, 2.05) is 27.7 Å². The SMILES string of the molecule is C[C@@H]1C[C@@H](C(=O)O)N(C(O)[C@@H](NC(=O)OC(C)(C)C)C(C)(C)C)C1. The van der Waals surface area contributed by atoms with Gasteiger partial charge in [-0.2, -0.15) is 0 Å². The summed E-state index contributed by atoms with van der Waals surface area (Å²) in [4.78, 5) is 25.2. The minimum absolute atomic E-state index is 0.169. The molecule has 0 aromatic carbocycles. The number of carboxylic acids is 1. The van der Waals surface area contributed by atoms with Crippen LogP contribution in [0.4, 0.5) is 4.79 Å². The Balaban J connectivity index is 2.95. The average molecular weight is 344 g/mol. The summed E-state index contributed by atoms with van der Waals surface area (Å²) in [6.45, 7) is 13.4. The molecule has 1 fully saturated rings. The lowest BCUT2D eigenvalue weighted by molar-refractivity contribution is -0.148. The largest absolute Gasteiger partial charge is 0.480 e. The summed E-state index contributed by atoms with van der Waals surface area (Å²) in [5.41, 5.74) is -1.13. The van der Waals surface area contributed by atoms with Crippen LogP contribution in [0.3, 0.4) is 0 Å². The highest BCUT2D eigenvalue weighted by Gasteiger charge is 2.44. The topological polar surface area (TPSA) is 99.1 Å². The highest BCUT2D eigenvalue weighted by atomic mass is 16.6. The third-order valence-corrected chi connectivity index (χ3v) is 4.08. The lowest BCUT2D eigenvalue weighted by Crippen LogP contribution is -2.59. The number of alkyl carbamates (subject to hydrolysis) is 1. The second-order valence-electron chi connectivity index (χ2n) is 8.80. The first kappa shape index (κ1) is 20.7. The second-order valence-corrected chi connectivity index (χ2v) is 8.80. The van der Waals surface area contributed by atoms with Crippen LogP contribution < -0.4 is 5.32 Å². The molecule has 0 spiro atoms. The number of rotatable bonds is 4. The van der Waals surface area contributed by atoms with E-state index in [2.05, 4.69) is 5.32 Å². The number of carbonyl (C=O) groups is 2. The molecule has 1 aliphatic rings. The van der Waals surface area contributed by atoms with E-state index in [-0.39, 0.29) is 5.92 Å². The van der Waals surface area contributed by atoms with Crippen molar-refractivity contribution < 1.29 is 24.5 Å². The number of carboxylic acid groups (broad SMARTS) is 1. The second kappa shape index (κ2) is 7.27. The summed E-state index contributed by atoms with van der Waals surface area (Å²) in [6.07, 6.45) is -1.25. The number of amides is 1. The number of nitrogens with one attached hydrogen (secondary N) is 1. The van der Waals surface area contributed by atoms with E-state index in [1.54, 1.807) is 25.7 Å². The van der Waals surface area contributed by atoms with Crippen LogP contribution in [0, 0.1) is 11.3 Å². The van der Waals surface area contributed by atoms with Crippen molar-refractivity contribution in [3.8, 4) is 0 Å². The lowest BCUT2D eigenvalue weighted by Gasteiger charge is -2.40. The Morgan fingerprint density at radius 1 is 1.21 bits per heavy atom. The van der Waals surface area contributed by atoms with E-state index in [0.29, 0.717) is 13.0 Å². The number of aliphatic carboxylic acids is 1. The van der Waals surface area contributed by atoms with E-state index in [0.717, 1.165) is 0 Å². The molecule has 0 aromatic rings. The van der Waals surface area contributed by atoms with E-state index < -0.39 is 41.4 Å². The van der Waals surface area contributed by atoms with Crippen LogP contribution >= 0.6 is 0 Å². The molecule has 1 unspecified atom stereocenters. The first-order chi connectivity index (χ1) is 10.7. The van der Waals surface area contributed by atoms with Crippen LogP contribution in [-0.4, -0.2) is 57.6 Å². The van der Waals surface area contributed by atoms with Crippen LogP contribution in [0.5, 0.6) is 0 Å². The third-order valence-electron chi connectivity index (χ3n) is 4.08. The van der Waals surface area contributed by atoms with Crippen LogP contribution in [0.15, 0.2) is 0 Å². The quantitative estimate of drug-likeness (QED) is 0.722. The normalized spacial score (nSPS) is 25.2. The molecule has 1 rings (SSSR count). The van der Waals surface area contributed by atoms with E-state index in [4.69, 9.17) is 4.74 Å². The molecule has 0 saturated carbocycles. The molecule has 0 aromatic heterocycles. The van der Waals surface area contributed by atoms with Gasteiger partial charge in [0.25, 0.3) is 0 Å². The molecule has 7 heteroatoms. The molecule has 0 radical (unpaired) electrons. The summed E-state index contributed by atoms with van der Waals surface area (Å²) in [5.74, 6) is -0.786. The molecule has 1 aliphatic heterocycles. The fourth-order valence-corrected chi connectivity index (χ4v) is 2.98. The van der Waals surface area contributed by atoms with Crippen molar-refractivity contribution in [2.24, 2.45) is 11.3 Å². The predicted octanol–water partition coefficient (Wildman–Crippen LogP) is 2.04. The Kier molecular flexibility index (Phi) is 6.27. The van der Waals surface area contributed by atoms with Crippen molar-refractivity contribution in [2.75, 3.05) is 6.54 Å². The summed E-state index contributed by atoms with van der Waals surface area (Å²) >= 11 is 0. The number of nitrogens with zero attached hydrogens (tertiary/aromatic N) is 1. The van der Waals surface area contributed by atoms with E-state index in [9.17, 15) is 19.8 Å². The Hall–Kier alpha value is -1.34. The maximum absolute atomic E-state index is 12.1. The van der Waals surface area contributed by atoms with Gasteiger partial charge < -0.3 is 20.3 Å². The maximum atomic E-state index is 12.1. The zero-order chi connectivity index (χ0) is 18.9. The van der Waals surface area contributed by atoms with Crippen molar-refractivity contribution in [2.45, 2.75) is 78.8 Å². The first-order valence-corrected chi connectivity index (χ1v) is 8.38. The maximum Gasteiger partial charge on any atom is 0.408 e. The predicted molar refractivity (Wildman–Crippen MR) is 90.5 cm³/mol. The Morgan fingerprint density at radius 3 is 2.17 bits per heavy atom. The average Bonchev–Trinajstić information content (AvgIpc) is 2.74. The van der Waals surface area contributed by atoms with Gasteiger partial charge in [-0.15, -0.1) is 0 Å². The fourth-order valence-electron chi connectivity index (χ4n) is 2.98. The molecule has 0 bridgehead atoms. The van der Waals surface area contributed by atoms with Gasteiger partial charge in [0.1, 0.15) is 17.9 Å². The number of likely N-dealkylation sites (tertiary alicyclic amines) is 1. The first-order valence-electron chi connectivity index (χ1n) is 8.38. The molecule has 7 nitrogen and oxygen atoms in total. The summed E-state index contributed by atoms with van der Waals surface area (Å²) in [5, 5.41) is 22.9. The summed E-state index contributed by atoms with van der Waals surface area (Å²) in [6, 6.07) is -1.42.